The normalized spacial score (nSPS) is 21.6. The average molecular weight is 426 g/mol. The van der Waals surface area contributed by atoms with E-state index in [1.54, 1.807) is 17.0 Å². The second kappa shape index (κ2) is 9.16. The molecule has 2 amide bonds. The van der Waals surface area contributed by atoms with Gasteiger partial charge in [0.1, 0.15) is 11.9 Å². The van der Waals surface area contributed by atoms with Gasteiger partial charge >= 0.3 is 0 Å². The van der Waals surface area contributed by atoms with E-state index in [1.165, 1.54) is 12.1 Å². The van der Waals surface area contributed by atoms with E-state index in [9.17, 15) is 14.0 Å². The number of rotatable bonds is 5. The molecule has 0 saturated carbocycles. The van der Waals surface area contributed by atoms with Crippen LogP contribution in [-0.2, 0) is 26.3 Å². The molecular weight excluding hydrogens is 397 g/mol. The Morgan fingerprint density at radius 1 is 1.06 bits per heavy atom. The van der Waals surface area contributed by atoms with Crippen LogP contribution in [0.4, 0.5) is 4.39 Å². The third kappa shape index (κ3) is 4.48. The Morgan fingerprint density at radius 3 is 2.48 bits per heavy atom. The first-order valence-electron chi connectivity index (χ1n) is 10.7. The standard InChI is InChI=1S/C24H28FN3O3/c25-20-8-4-7-19(15-20)24(9-13-31-14-10-24)23(30)28-12-11-27(17-21(28)22(26)29)16-18-5-2-1-3-6-18/h1-8,15,21H,9-14,16-17H2,(H2,26,29). The third-order valence-corrected chi connectivity index (χ3v) is 6.44. The SMILES string of the molecule is NC(=O)C1CN(Cc2ccccc2)CCN1C(=O)C1(c2cccc(F)c2)CCOCC1. The molecule has 2 aromatic carbocycles. The summed E-state index contributed by atoms with van der Waals surface area (Å²) in [5.74, 6) is -1.06. The minimum atomic E-state index is -0.907. The summed E-state index contributed by atoms with van der Waals surface area (Å²) in [5, 5.41) is 0. The molecule has 2 aliphatic rings. The Hall–Kier alpha value is -2.77. The summed E-state index contributed by atoms with van der Waals surface area (Å²) in [5.41, 5.74) is 6.61. The number of ether oxygens (including phenoxy) is 1. The Labute approximate surface area is 181 Å². The van der Waals surface area contributed by atoms with Crippen molar-refractivity contribution in [1.82, 2.24) is 9.80 Å². The maximum Gasteiger partial charge on any atom is 0.241 e. The predicted molar refractivity (Wildman–Crippen MR) is 115 cm³/mol. The first kappa shape index (κ1) is 21.5. The van der Waals surface area contributed by atoms with Crippen molar-refractivity contribution >= 4 is 11.8 Å². The van der Waals surface area contributed by atoms with Gasteiger partial charge < -0.3 is 15.4 Å². The van der Waals surface area contributed by atoms with Crippen molar-refractivity contribution in [1.29, 1.82) is 0 Å². The van der Waals surface area contributed by atoms with Crippen molar-refractivity contribution in [3.8, 4) is 0 Å². The van der Waals surface area contributed by atoms with E-state index in [-0.39, 0.29) is 11.7 Å². The molecule has 2 aliphatic heterocycles. The molecule has 2 fully saturated rings. The van der Waals surface area contributed by atoms with Crippen LogP contribution in [0.25, 0.3) is 0 Å². The lowest BCUT2D eigenvalue weighted by Crippen LogP contribution is -2.63. The minimum absolute atomic E-state index is 0.162. The van der Waals surface area contributed by atoms with Crippen LogP contribution in [0.15, 0.2) is 54.6 Å². The third-order valence-electron chi connectivity index (χ3n) is 6.44. The topological polar surface area (TPSA) is 75.9 Å². The molecule has 0 spiro atoms. The molecule has 2 heterocycles. The van der Waals surface area contributed by atoms with Crippen LogP contribution in [0.5, 0.6) is 0 Å². The second-order valence-corrected chi connectivity index (χ2v) is 8.34. The Kier molecular flexibility index (Phi) is 6.34. The number of primary amides is 1. The number of halogens is 1. The summed E-state index contributed by atoms with van der Waals surface area (Å²) in [6.45, 7) is 2.94. The van der Waals surface area contributed by atoms with Crippen LogP contribution in [0.2, 0.25) is 0 Å². The summed E-state index contributed by atoms with van der Waals surface area (Å²) < 4.78 is 19.5. The molecule has 2 saturated heterocycles. The zero-order chi connectivity index (χ0) is 21.8. The van der Waals surface area contributed by atoms with Crippen molar-refractivity contribution in [2.75, 3.05) is 32.8 Å². The number of benzene rings is 2. The molecule has 164 valence electrons. The monoisotopic (exact) mass is 425 g/mol. The summed E-state index contributed by atoms with van der Waals surface area (Å²) in [4.78, 5) is 30.0. The number of nitrogens with two attached hydrogens (primary N) is 1. The molecule has 0 bridgehead atoms. The number of carbonyl (C=O) groups excluding carboxylic acids is 2. The average Bonchev–Trinajstić information content (AvgIpc) is 2.79. The molecular formula is C24H28FN3O3. The molecule has 1 atom stereocenters. The van der Waals surface area contributed by atoms with Gasteiger partial charge in [-0.15, -0.1) is 0 Å². The highest BCUT2D eigenvalue weighted by Crippen LogP contribution is 2.38. The fourth-order valence-electron chi connectivity index (χ4n) is 4.72. The summed E-state index contributed by atoms with van der Waals surface area (Å²) in [7, 11) is 0. The summed E-state index contributed by atoms with van der Waals surface area (Å²) >= 11 is 0. The first-order chi connectivity index (χ1) is 15.0. The van der Waals surface area contributed by atoms with Gasteiger partial charge in [0.05, 0.1) is 5.41 Å². The molecule has 1 unspecified atom stereocenters. The molecule has 7 heteroatoms. The van der Waals surface area contributed by atoms with E-state index < -0.39 is 17.4 Å². The Balaban J connectivity index is 1.59. The molecule has 0 aliphatic carbocycles. The van der Waals surface area contributed by atoms with E-state index in [0.29, 0.717) is 57.8 Å². The molecule has 6 nitrogen and oxygen atoms in total. The largest absolute Gasteiger partial charge is 0.381 e. The van der Waals surface area contributed by atoms with Gasteiger partial charge in [-0.05, 0) is 36.1 Å². The number of amides is 2. The van der Waals surface area contributed by atoms with Crippen molar-refractivity contribution in [3.05, 3.63) is 71.5 Å². The Bertz CT molecular complexity index is 931. The lowest BCUT2D eigenvalue weighted by molar-refractivity contribution is -0.151. The molecule has 31 heavy (non-hydrogen) atoms. The van der Waals surface area contributed by atoms with E-state index in [0.717, 1.165) is 5.56 Å². The fourth-order valence-corrected chi connectivity index (χ4v) is 4.72. The van der Waals surface area contributed by atoms with Gasteiger partial charge in [-0.1, -0.05) is 42.5 Å². The van der Waals surface area contributed by atoms with Crippen LogP contribution >= 0.6 is 0 Å². The van der Waals surface area contributed by atoms with Crippen LogP contribution in [0.1, 0.15) is 24.0 Å². The van der Waals surface area contributed by atoms with Crippen molar-refractivity contribution in [2.45, 2.75) is 30.8 Å². The quantitative estimate of drug-likeness (QED) is 0.796. The molecule has 2 N–H and O–H groups in total. The number of carbonyl (C=O) groups is 2. The Morgan fingerprint density at radius 2 is 1.81 bits per heavy atom. The van der Waals surface area contributed by atoms with Gasteiger partial charge in [0, 0.05) is 39.4 Å². The minimum Gasteiger partial charge on any atom is -0.381 e. The lowest BCUT2D eigenvalue weighted by Gasteiger charge is -2.46. The van der Waals surface area contributed by atoms with Gasteiger partial charge in [0.15, 0.2) is 0 Å². The van der Waals surface area contributed by atoms with E-state index >= 15 is 0 Å². The van der Waals surface area contributed by atoms with E-state index in [4.69, 9.17) is 10.5 Å². The van der Waals surface area contributed by atoms with Crippen LogP contribution in [0, 0.1) is 5.82 Å². The van der Waals surface area contributed by atoms with E-state index in [1.807, 2.05) is 30.3 Å². The van der Waals surface area contributed by atoms with Gasteiger partial charge in [-0.3, -0.25) is 14.5 Å². The van der Waals surface area contributed by atoms with Gasteiger partial charge in [-0.2, -0.15) is 0 Å². The van der Waals surface area contributed by atoms with E-state index in [2.05, 4.69) is 4.90 Å². The second-order valence-electron chi connectivity index (χ2n) is 8.34. The van der Waals surface area contributed by atoms with Gasteiger partial charge in [0.25, 0.3) is 0 Å². The number of hydrogen-bond acceptors (Lipinski definition) is 4. The van der Waals surface area contributed by atoms with Crippen molar-refractivity contribution in [2.24, 2.45) is 5.73 Å². The van der Waals surface area contributed by atoms with Crippen molar-refractivity contribution < 1.29 is 18.7 Å². The highest BCUT2D eigenvalue weighted by Gasteiger charge is 2.47. The summed E-state index contributed by atoms with van der Waals surface area (Å²) in [6, 6.07) is 15.5. The molecule has 4 rings (SSSR count). The number of nitrogens with zero attached hydrogens (tertiary/aromatic N) is 2. The smallest absolute Gasteiger partial charge is 0.241 e. The zero-order valence-corrected chi connectivity index (χ0v) is 17.5. The fraction of sp³-hybridized carbons (Fsp3) is 0.417. The molecule has 0 aromatic heterocycles. The highest BCUT2D eigenvalue weighted by molar-refractivity contribution is 5.93. The molecule has 2 aromatic rings. The molecule has 0 radical (unpaired) electrons. The van der Waals surface area contributed by atoms with Crippen molar-refractivity contribution in [3.63, 3.8) is 0 Å². The first-order valence-corrected chi connectivity index (χ1v) is 10.7. The number of piperazine rings is 1. The lowest BCUT2D eigenvalue weighted by atomic mass is 9.72. The van der Waals surface area contributed by atoms with Crippen LogP contribution in [-0.4, -0.2) is 60.5 Å². The van der Waals surface area contributed by atoms with Gasteiger partial charge in [0.2, 0.25) is 11.8 Å². The number of hydrogen-bond donors (Lipinski definition) is 1. The summed E-state index contributed by atoms with van der Waals surface area (Å²) in [6.07, 6.45) is 0.899. The maximum atomic E-state index is 14.0. The van der Waals surface area contributed by atoms with Crippen LogP contribution < -0.4 is 5.73 Å². The van der Waals surface area contributed by atoms with Gasteiger partial charge in [-0.25, -0.2) is 4.39 Å². The maximum absolute atomic E-state index is 14.0. The van der Waals surface area contributed by atoms with Crippen LogP contribution in [0.3, 0.4) is 0 Å². The zero-order valence-electron chi connectivity index (χ0n) is 17.5. The highest BCUT2D eigenvalue weighted by atomic mass is 19.1. The predicted octanol–water partition coefficient (Wildman–Crippen LogP) is 2.07.